The second-order valence-corrected chi connectivity index (χ2v) is 22.2. The molecular formula is C56H72Cl2FN9O15. The van der Waals surface area contributed by atoms with Crippen molar-refractivity contribution >= 4 is 93.9 Å². The Morgan fingerprint density at radius 2 is 1.67 bits per heavy atom. The largest absolute Gasteiger partial charge is 0.495 e. The van der Waals surface area contributed by atoms with Crippen LogP contribution >= 0.6 is 23.2 Å². The number of amides is 10. The van der Waals surface area contributed by atoms with Gasteiger partial charge in [-0.3, -0.25) is 44.3 Å². The Morgan fingerprint density at radius 3 is 2.34 bits per heavy atom. The fraction of sp³-hybridized carbons (Fsp3) is 0.518. The molecule has 9 N–H and O–H groups in total. The molecule has 10 amide bonds. The Bertz CT molecular complexity index is 2910. The number of unbranched alkanes of at least 4 members (excludes halogenated alkanes) is 2. The van der Waals surface area contributed by atoms with Crippen LogP contribution in [0.25, 0.3) is 0 Å². The third-order valence-electron chi connectivity index (χ3n) is 14.8. The zero-order valence-corrected chi connectivity index (χ0v) is 48.9. The molecule has 2 saturated heterocycles. The van der Waals surface area contributed by atoms with E-state index in [1.54, 1.807) is 58.1 Å². The number of hydrogen-bond acceptors (Lipinski definition) is 15. The highest BCUT2D eigenvalue weighted by Gasteiger charge is 2.64. The summed E-state index contributed by atoms with van der Waals surface area (Å²) in [7, 11) is 4.29. The number of aliphatic hydroxyl groups is 1. The number of alkyl carbamates (subject to hydrolysis) is 1. The van der Waals surface area contributed by atoms with Gasteiger partial charge < -0.3 is 60.7 Å². The lowest BCUT2D eigenvalue weighted by Gasteiger charge is -2.42. The maximum absolute atomic E-state index is 16.1. The zero-order valence-electron chi connectivity index (χ0n) is 47.4. The lowest BCUT2D eigenvalue weighted by atomic mass is 9.83. The summed E-state index contributed by atoms with van der Waals surface area (Å²) in [5.41, 5.74) is 2.87. The number of carbonyl (C=O) groups is 9. The number of nitrogens with zero attached hydrogens (tertiary/aromatic N) is 2. The molecule has 4 aliphatic heterocycles. The number of ether oxygens (including phenoxy) is 5. The molecule has 27 heteroatoms. The molecule has 452 valence electrons. The number of urea groups is 1. The van der Waals surface area contributed by atoms with E-state index in [9.17, 15) is 48.3 Å². The molecule has 6 rings (SSSR count). The lowest BCUT2D eigenvalue weighted by Crippen LogP contribution is -2.63. The Morgan fingerprint density at radius 1 is 0.964 bits per heavy atom. The summed E-state index contributed by atoms with van der Waals surface area (Å²) in [6.45, 7) is 8.72. The number of nitrogens with two attached hydrogens (primary N) is 1. The number of rotatable bonds is 20. The number of primary amides is 1. The van der Waals surface area contributed by atoms with Gasteiger partial charge in [-0.15, -0.1) is 0 Å². The van der Waals surface area contributed by atoms with Gasteiger partial charge >= 0.3 is 18.2 Å². The van der Waals surface area contributed by atoms with Gasteiger partial charge in [-0.25, -0.2) is 18.8 Å². The number of nitrogens with one attached hydrogen (secondary N) is 6. The molecule has 2 aromatic carbocycles. The van der Waals surface area contributed by atoms with Crippen molar-refractivity contribution in [3.05, 3.63) is 81.6 Å². The summed E-state index contributed by atoms with van der Waals surface area (Å²) in [5.74, 6) is -5.50. The molecule has 0 aromatic heterocycles. The highest BCUT2D eigenvalue weighted by Crippen LogP contribution is 2.49. The number of benzene rings is 2. The van der Waals surface area contributed by atoms with Crippen molar-refractivity contribution in [2.45, 2.75) is 140 Å². The minimum Gasteiger partial charge on any atom is -0.495 e. The monoisotopic (exact) mass is 1200 g/mol. The number of carbonyl (C=O) groups excluding carboxylic acids is 9. The van der Waals surface area contributed by atoms with Crippen LogP contribution in [-0.2, 0) is 54.1 Å². The number of methoxy groups -OCH3 is 2. The van der Waals surface area contributed by atoms with Gasteiger partial charge in [0.1, 0.15) is 52.6 Å². The quantitative estimate of drug-likeness (QED) is 0.0450. The van der Waals surface area contributed by atoms with Gasteiger partial charge in [0, 0.05) is 64.2 Å². The zero-order chi connectivity index (χ0) is 61.1. The summed E-state index contributed by atoms with van der Waals surface area (Å²) < 4.78 is 45.2. The van der Waals surface area contributed by atoms with Gasteiger partial charge in [-0.1, -0.05) is 74.2 Å². The molecule has 0 aliphatic carbocycles. The molecule has 9 atom stereocenters. The maximum atomic E-state index is 16.1. The topological polar surface area (TPSA) is 328 Å². The highest BCUT2D eigenvalue weighted by molar-refractivity contribution is 6.35. The van der Waals surface area contributed by atoms with Crippen molar-refractivity contribution in [2.24, 2.45) is 17.6 Å². The van der Waals surface area contributed by atoms with Gasteiger partial charge in [0.25, 0.3) is 11.8 Å². The first-order valence-corrected chi connectivity index (χ1v) is 27.8. The summed E-state index contributed by atoms with van der Waals surface area (Å²) in [5, 5.41) is 26.7. The summed E-state index contributed by atoms with van der Waals surface area (Å²) in [4.78, 5) is 120. The number of epoxide rings is 1. The van der Waals surface area contributed by atoms with Crippen molar-refractivity contribution < 1.29 is 76.3 Å². The van der Waals surface area contributed by atoms with Crippen molar-refractivity contribution in [3.63, 3.8) is 0 Å². The molecule has 83 heavy (non-hydrogen) atoms. The van der Waals surface area contributed by atoms with Crippen LogP contribution in [0.3, 0.4) is 0 Å². The molecule has 0 spiro atoms. The van der Waals surface area contributed by atoms with Crippen molar-refractivity contribution in [3.8, 4) is 5.75 Å². The van der Waals surface area contributed by atoms with E-state index in [0.717, 1.165) is 22.6 Å². The van der Waals surface area contributed by atoms with E-state index in [1.165, 1.54) is 38.3 Å². The van der Waals surface area contributed by atoms with Crippen LogP contribution in [-0.4, -0.2) is 146 Å². The fourth-order valence-electron chi connectivity index (χ4n) is 10.0. The number of fused-ring (bicyclic) bond motifs is 5. The van der Waals surface area contributed by atoms with Crippen LogP contribution in [0.4, 0.5) is 35.8 Å². The Balaban J connectivity index is 1.18. The van der Waals surface area contributed by atoms with Crippen molar-refractivity contribution in [2.75, 3.05) is 49.9 Å². The first-order valence-electron chi connectivity index (χ1n) is 27.0. The smallest absolute Gasteiger partial charge is 0.412 e. The van der Waals surface area contributed by atoms with Gasteiger partial charge in [0.15, 0.2) is 5.72 Å². The molecule has 24 nitrogen and oxygen atoms in total. The predicted molar refractivity (Wildman–Crippen MR) is 303 cm³/mol. The van der Waals surface area contributed by atoms with Gasteiger partial charge in [-0.05, 0) is 75.6 Å². The van der Waals surface area contributed by atoms with Gasteiger partial charge in [0.2, 0.25) is 23.6 Å². The minimum atomic E-state index is -1.94. The Labute approximate surface area is 489 Å². The van der Waals surface area contributed by atoms with Crippen LogP contribution in [0.1, 0.15) is 91.5 Å². The predicted octanol–water partition coefficient (Wildman–Crippen LogP) is 5.66. The normalized spacial score (nSPS) is 25.2. The SMILES string of the molecule is COc1cc2cc(c1Cl)N(C)C(=O)C[C@H](OC(=O)Nc1cc(F)c(NC(=O)[C@H](CCCNC(N)=O)NC(=O)[C@@H](NC(=O)CCCCCN3C(=O)C=CC3=O)C(C)C)cc1Cl)[C@]1(C)O[C@H]1[C@H](C)[C@@H]1C[C@@](O)(NC(=O)O1)[C@H](OC)/C=C/C=C(\C)C2. The molecule has 0 radical (unpaired) electrons. The average molecular weight is 1200 g/mol. The number of halogens is 3. The number of imide groups is 1. The third-order valence-corrected chi connectivity index (χ3v) is 15.5. The Hall–Kier alpha value is -7.32. The molecular weight excluding hydrogens is 1130 g/mol. The minimum absolute atomic E-state index is 0.00369. The molecule has 2 fully saturated rings. The van der Waals surface area contributed by atoms with Gasteiger partial charge in [0.05, 0.1) is 41.7 Å². The second-order valence-electron chi connectivity index (χ2n) is 21.4. The van der Waals surface area contributed by atoms with E-state index >= 15 is 4.39 Å². The molecule has 4 bridgehead atoms. The van der Waals surface area contributed by atoms with Crippen LogP contribution in [0, 0.1) is 17.7 Å². The second kappa shape index (κ2) is 28.3. The number of anilines is 3. The van der Waals surface area contributed by atoms with E-state index in [-0.39, 0.29) is 65.9 Å². The first-order chi connectivity index (χ1) is 39.2. The third kappa shape index (κ3) is 16.7. The van der Waals surface area contributed by atoms with Crippen molar-refractivity contribution in [1.29, 1.82) is 0 Å². The van der Waals surface area contributed by atoms with Crippen LogP contribution < -0.4 is 47.3 Å². The fourth-order valence-corrected chi connectivity index (χ4v) is 10.6. The molecule has 4 heterocycles. The summed E-state index contributed by atoms with van der Waals surface area (Å²) in [6, 6.07) is 1.92. The van der Waals surface area contributed by atoms with Crippen LogP contribution in [0.5, 0.6) is 5.75 Å². The maximum Gasteiger partial charge on any atom is 0.412 e. The van der Waals surface area contributed by atoms with Crippen LogP contribution in [0.2, 0.25) is 10.0 Å². The van der Waals surface area contributed by atoms with E-state index in [0.29, 0.717) is 31.2 Å². The van der Waals surface area contributed by atoms with E-state index in [1.807, 2.05) is 6.92 Å². The van der Waals surface area contributed by atoms with E-state index in [2.05, 4.69) is 31.9 Å². The molecule has 2 aromatic rings. The number of allylic oxidation sites excluding steroid dienone is 3. The van der Waals surface area contributed by atoms with Gasteiger partial charge in [-0.2, -0.15) is 0 Å². The molecule has 0 unspecified atom stereocenters. The highest BCUT2D eigenvalue weighted by atomic mass is 35.5. The summed E-state index contributed by atoms with van der Waals surface area (Å²) in [6.07, 6.45) is 2.12. The van der Waals surface area contributed by atoms with E-state index in [4.69, 9.17) is 52.6 Å². The number of hydrogen-bond donors (Lipinski definition) is 8. The molecule has 0 saturated carbocycles. The lowest BCUT2D eigenvalue weighted by molar-refractivity contribution is -0.142. The average Bonchev–Trinajstić information content (AvgIpc) is 3.38. The first kappa shape index (κ1) is 64.8. The Kier molecular flexibility index (Phi) is 22.1. The van der Waals surface area contributed by atoms with Crippen LogP contribution in [0.15, 0.2) is 60.2 Å². The summed E-state index contributed by atoms with van der Waals surface area (Å²) >= 11 is 13.4. The molecule has 4 aliphatic rings. The van der Waals surface area contributed by atoms with Crippen molar-refractivity contribution in [1.82, 2.24) is 26.2 Å². The van der Waals surface area contributed by atoms with E-state index < -0.39 is 131 Å². The standard InChI is InChI=1S/C56H72Cl2FN9O15/c1-29(2)48(65-43(69)17-10-9-11-21-68-44(70)18-19-45(68)71)51(74)62-35(15-13-20-61-52(60)75)50(73)63-37-25-33(57)36(26-34(37)59)64-53(76)82-42-27-46(72)67(6)38-23-32(24-39(79-7)47(38)58)22-30(3)14-12-16-41(80-8)56(78)28-40(81-54(77)66-56)31(4)49-55(42,5)83-49/h12,14,16,18-19,23-26,29,31,35,40-42,48-49,78H,9-11,13,15,17,20-22,27-28H2,1-8H3,(H,62,74)(H,63,73)(H,64,76)(H,65,69)(H,66,77)(H3,60,61,75)/b16-12+,30-14+/t31-,35+,40+,41-,42+,48+,49+,55+,56+/m1/s1.